The number of ether oxygens (including phenoxy) is 1. The second-order valence-corrected chi connectivity index (χ2v) is 5.84. The van der Waals surface area contributed by atoms with Crippen molar-refractivity contribution in [2.24, 2.45) is 4.99 Å². The van der Waals surface area contributed by atoms with Crippen molar-refractivity contribution in [2.45, 2.75) is 33.7 Å². The van der Waals surface area contributed by atoms with E-state index in [-0.39, 0.29) is 0 Å². The second-order valence-electron chi connectivity index (χ2n) is 5.84. The van der Waals surface area contributed by atoms with Crippen LogP contribution in [0.3, 0.4) is 0 Å². The van der Waals surface area contributed by atoms with E-state index < -0.39 is 0 Å². The van der Waals surface area contributed by atoms with Crippen LogP contribution in [0.15, 0.2) is 33.7 Å². The van der Waals surface area contributed by atoms with Crippen molar-refractivity contribution in [3.63, 3.8) is 0 Å². The Hall–Kier alpha value is -2.43. The molecule has 0 radical (unpaired) electrons. The maximum absolute atomic E-state index is 5.54. The molecule has 5 nitrogen and oxygen atoms in total. The van der Waals surface area contributed by atoms with Gasteiger partial charge in [0.2, 0.25) is 0 Å². The summed E-state index contributed by atoms with van der Waals surface area (Å²) in [5.74, 6) is 3.59. The van der Waals surface area contributed by atoms with Gasteiger partial charge in [-0.1, -0.05) is 12.1 Å². The van der Waals surface area contributed by atoms with Gasteiger partial charge in [0.25, 0.3) is 0 Å². The molecule has 24 heavy (non-hydrogen) atoms. The van der Waals surface area contributed by atoms with Crippen molar-refractivity contribution in [3.05, 3.63) is 52.5 Å². The first-order valence-corrected chi connectivity index (χ1v) is 8.17. The fraction of sp³-hybridized carbons (Fsp3) is 0.421. The van der Waals surface area contributed by atoms with E-state index >= 15 is 0 Å². The Bertz CT molecular complexity index is 705. The highest BCUT2D eigenvalue weighted by Crippen LogP contribution is 2.19. The molecule has 0 aliphatic rings. The summed E-state index contributed by atoms with van der Waals surface area (Å²) in [7, 11) is 3.48. The lowest BCUT2D eigenvalue weighted by molar-refractivity contribution is 0.411. The lowest BCUT2D eigenvalue weighted by Crippen LogP contribution is -2.37. The summed E-state index contributed by atoms with van der Waals surface area (Å²) in [5, 5.41) is 6.65. The molecule has 1 heterocycles. The highest BCUT2D eigenvalue weighted by molar-refractivity contribution is 5.79. The minimum absolute atomic E-state index is 0.696. The van der Waals surface area contributed by atoms with Crippen LogP contribution in [-0.2, 0) is 13.0 Å². The first-order chi connectivity index (χ1) is 11.5. The summed E-state index contributed by atoms with van der Waals surface area (Å²) >= 11 is 0. The summed E-state index contributed by atoms with van der Waals surface area (Å²) in [6, 6.07) is 8.36. The zero-order valence-corrected chi connectivity index (χ0v) is 15.2. The van der Waals surface area contributed by atoms with Crippen LogP contribution in [0.5, 0.6) is 5.75 Å². The molecule has 2 aromatic rings. The van der Waals surface area contributed by atoms with Crippen LogP contribution in [-0.4, -0.2) is 26.7 Å². The fourth-order valence-electron chi connectivity index (χ4n) is 2.60. The van der Waals surface area contributed by atoms with Gasteiger partial charge >= 0.3 is 0 Å². The smallest absolute Gasteiger partial charge is 0.191 e. The van der Waals surface area contributed by atoms with E-state index in [9.17, 15) is 0 Å². The number of aryl methyl sites for hydroxylation is 3. The molecule has 0 amide bonds. The molecule has 130 valence electrons. The third-order valence-electron chi connectivity index (χ3n) is 3.99. The molecule has 1 aromatic carbocycles. The number of aliphatic imine (C=N–C) groups is 1. The third kappa shape index (κ3) is 4.78. The molecule has 2 N–H and O–H groups in total. The Kier molecular flexibility index (Phi) is 6.29. The van der Waals surface area contributed by atoms with Crippen LogP contribution in [0.1, 0.15) is 28.2 Å². The van der Waals surface area contributed by atoms with Crippen molar-refractivity contribution >= 4 is 5.96 Å². The van der Waals surface area contributed by atoms with Crippen molar-refractivity contribution < 1.29 is 9.15 Å². The molecule has 0 atom stereocenters. The lowest BCUT2D eigenvalue weighted by Gasteiger charge is -2.12. The van der Waals surface area contributed by atoms with E-state index in [1.165, 1.54) is 5.56 Å². The molecule has 1 aromatic heterocycles. The number of furan rings is 1. The standard InChI is InChI=1S/C19H27N3O2/c1-13-6-7-16(11-18(13)23-5)8-9-21-19(20-4)22-12-17-10-14(2)24-15(17)3/h6-7,10-11H,8-9,12H2,1-5H3,(H2,20,21,22). The van der Waals surface area contributed by atoms with Crippen molar-refractivity contribution in [1.29, 1.82) is 0 Å². The van der Waals surface area contributed by atoms with E-state index in [1.54, 1.807) is 14.2 Å². The van der Waals surface area contributed by atoms with Gasteiger partial charge in [0.05, 0.1) is 7.11 Å². The lowest BCUT2D eigenvalue weighted by atomic mass is 10.1. The monoisotopic (exact) mass is 329 g/mol. The number of nitrogens with zero attached hydrogens (tertiary/aromatic N) is 1. The quantitative estimate of drug-likeness (QED) is 0.631. The summed E-state index contributed by atoms with van der Waals surface area (Å²) < 4.78 is 10.9. The van der Waals surface area contributed by atoms with Crippen LogP contribution in [0.4, 0.5) is 0 Å². The molecule has 5 heteroatoms. The van der Waals surface area contributed by atoms with Gasteiger partial charge in [-0.25, -0.2) is 0 Å². The van der Waals surface area contributed by atoms with E-state index in [1.807, 2.05) is 26.8 Å². The Morgan fingerprint density at radius 2 is 1.96 bits per heavy atom. The molecule has 0 fully saturated rings. The molecule has 0 spiro atoms. The first kappa shape index (κ1) is 17.9. The maximum Gasteiger partial charge on any atom is 0.191 e. The van der Waals surface area contributed by atoms with Crippen molar-refractivity contribution in [1.82, 2.24) is 10.6 Å². The normalized spacial score (nSPS) is 11.5. The van der Waals surface area contributed by atoms with Crippen LogP contribution in [0, 0.1) is 20.8 Å². The van der Waals surface area contributed by atoms with Crippen LogP contribution < -0.4 is 15.4 Å². The van der Waals surface area contributed by atoms with Crippen LogP contribution in [0.25, 0.3) is 0 Å². The number of guanidine groups is 1. The van der Waals surface area contributed by atoms with E-state index in [0.717, 1.165) is 47.3 Å². The van der Waals surface area contributed by atoms with Gasteiger partial charge < -0.3 is 19.8 Å². The number of nitrogens with one attached hydrogen (secondary N) is 2. The Balaban J connectivity index is 1.82. The van der Waals surface area contributed by atoms with Gasteiger partial charge in [0.15, 0.2) is 5.96 Å². The molecule has 0 bridgehead atoms. The predicted molar refractivity (Wildman–Crippen MR) is 97.8 cm³/mol. The summed E-state index contributed by atoms with van der Waals surface area (Å²) in [6.07, 6.45) is 0.904. The van der Waals surface area contributed by atoms with Gasteiger partial charge in [-0.05, 0) is 50.5 Å². The first-order valence-electron chi connectivity index (χ1n) is 8.17. The zero-order valence-electron chi connectivity index (χ0n) is 15.2. The zero-order chi connectivity index (χ0) is 17.5. The highest BCUT2D eigenvalue weighted by atomic mass is 16.5. The number of methoxy groups -OCH3 is 1. The molecular formula is C19H27N3O2. The topological polar surface area (TPSA) is 58.8 Å². The molecule has 2 rings (SSSR count). The maximum atomic E-state index is 5.54. The van der Waals surface area contributed by atoms with E-state index in [0.29, 0.717) is 6.54 Å². The van der Waals surface area contributed by atoms with Gasteiger partial charge in [-0.3, -0.25) is 4.99 Å². The summed E-state index contributed by atoms with van der Waals surface area (Å²) in [4.78, 5) is 4.26. The Morgan fingerprint density at radius 1 is 1.17 bits per heavy atom. The molecular weight excluding hydrogens is 302 g/mol. The molecule has 0 aliphatic heterocycles. The van der Waals surface area contributed by atoms with Gasteiger partial charge in [0.1, 0.15) is 17.3 Å². The number of benzene rings is 1. The predicted octanol–water partition coefficient (Wildman–Crippen LogP) is 3.12. The summed E-state index contributed by atoms with van der Waals surface area (Å²) in [5.41, 5.74) is 3.54. The van der Waals surface area contributed by atoms with E-state index in [4.69, 9.17) is 9.15 Å². The van der Waals surface area contributed by atoms with Crippen LogP contribution >= 0.6 is 0 Å². The SMILES string of the molecule is CN=C(NCCc1ccc(C)c(OC)c1)NCc1cc(C)oc1C. The number of hydrogen-bond donors (Lipinski definition) is 2. The van der Waals surface area contributed by atoms with Crippen molar-refractivity contribution in [3.8, 4) is 5.75 Å². The third-order valence-corrected chi connectivity index (χ3v) is 3.99. The van der Waals surface area contributed by atoms with Crippen molar-refractivity contribution in [2.75, 3.05) is 20.7 Å². The molecule has 0 unspecified atom stereocenters. The molecule has 0 saturated heterocycles. The largest absolute Gasteiger partial charge is 0.496 e. The Labute approximate surface area is 144 Å². The van der Waals surface area contributed by atoms with Gasteiger partial charge in [0, 0.05) is 25.7 Å². The summed E-state index contributed by atoms with van der Waals surface area (Å²) in [6.45, 7) is 7.48. The number of hydrogen-bond acceptors (Lipinski definition) is 3. The minimum Gasteiger partial charge on any atom is -0.496 e. The molecule has 0 saturated carbocycles. The molecule has 0 aliphatic carbocycles. The number of rotatable bonds is 6. The Morgan fingerprint density at radius 3 is 2.58 bits per heavy atom. The second kappa shape index (κ2) is 8.43. The highest BCUT2D eigenvalue weighted by Gasteiger charge is 2.06. The minimum atomic E-state index is 0.696. The average molecular weight is 329 g/mol. The van der Waals surface area contributed by atoms with Crippen LogP contribution in [0.2, 0.25) is 0 Å². The van der Waals surface area contributed by atoms with E-state index in [2.05, 4.69) is 33.8 Å². The van der Waals surface area contributed by atoms with Gasteiger partial charge in [-0.15, -0.1) is 0 Å². The van der Waals surface area contributed by atoms with Gasteiger partial charge in [-0.2, -0.15) is 0 Å². The fourth-order valence-corrected chi connectivity index (χ4v) is 2.60. The average Bonchev–Trinajstić information content (AvgIpc) is 2.89.